The first-order valence-electron chi connectivity index (χ1n) is 4.77. The van der Waals surface area contributed by atoms with Crippen molar-refractivity contribution in [3.63, 3.8) is 0 Å². The monoisotopic (exact) mass is 290 g/mol. The lowest BCUT2D eigenvalue weighted by Gasteiger charge is -2.01. The normalized spacial score (nSPS) is 9.88. The zero-order chi connectivity index (χ0) is 12.3. The minimum absolute atomic E-state index is 0.0621. The third-order valence-corrected chi connectivity index (χ3v) is 2.58. The highest BCUT2D eigenvalue weighted by Gasteiger charge is 2.08. The van der Waals surface area contributed by atoms with Crippen LogP contribution in [0.4, 0.5) is 0 Å². The number of carbonyl (C=O) groups is 1. The van der Waals surface area contributed by atoms with Crippen LogP contribution in [0, 0.1) is 11.3 Å². The van der Waals surface area contributed by atoms with E-state index in [0.717, 1.165) is 4.47 Å². The topological polar surface area (TPSA) is 71.6 Å². The van der Waals surface area contributed by atoms with Crippen molar-refractivity contribution < 1.29 is 4.79 Å². The second kappa shape index (κ2) is 4.89. The Morgan fingerprint density at radius 1 is 1.53 bits per heavy atom. The van der Waals surface area contributed by atoms with E-state index >= 15 is 0 Å². The highest BCUT2D eigenvalue weighted by atomic mass is 79.9. The summed E-state index contributed by atoms with van der Waals surface area (Å²) >= 11 is 3.30. The van der Waals surface area contributed by atoms with Crippen LogP contribution in [-0.4, -0.2) is 20.5 Å². The Kier molecular flexibility index (Phi) is 3.30. The van der Waals surface area contributed by atoms with Gasteiger partial charge in [-0.05, 0) is 12.1 Å². The van der Waals surface area contributed by atoms with Crippen LogP contribution in [0.3, 0.4) is 0 Å². The summed E-state index contributed by atoms with van der Waals surface area (Å²) in [4.78, 5) is 15.6. The van der Waals surface area contributed by atoms with E-state index in [2.05, 4.69) is 26.0 Å². The summed E-state index contributed by atoms with van der Waals surface area (Å²) in [6, 6.07) is 8.92. The number of nitrogens with zero attached hydrogens (tertiary/aromatic N) is 4. The Balaban J connectivity index is 2.14. The number of halogens is 1. The van der Waals surface area contributed by atoms with Gasteiger partial charge in [-0.15, -0.1) is 5.10 Å². The molecule has 0 amide bonds. The second-order valence-corrected chi connectivity index (χ2v) is 4.23. The van der Waals surface area contributed by atoms with E-state index in [1.54, 1.807) is 18.2 Å². The molecule has 0 saturated heterocycles. The number of rotatable bonds is 3. The lowest BCUT2D eigenvalue weighted by molar-refractivity contribution is 0.0967. The maximum atomic E-state index is 11.9. The molecule has 2 rings (SSSR count). The summed E-state index contributed by atoms with van der Waals surface area (Å²) in [6.07, 6.45) is 1.37. The maximum Gasteiger partial charge on any atom is 0.252 e. The first-order valence-corrected chi connectivity index (χ1v) is 5.56. The summed E-state index contributed by atoms with van der Waals surface area (Å²) in [5, 5.41) is 12.4. The van der Waals surface area contributed by atoms with Crippen LogP contribution in [-0.2, 0) is 6.54 Å². The number of aromatic nitrogens is 3. The van der Waals surface area contributed by atoms with E-state index in [9.17, 15) is 4.79 Å². The van der Waals surface area contributed by atoms with Crippen LogP contribution in [0.5, 0.6) is 0 Å². The second-order valence-electron chi connectivity index (χ2n) is 3.31. The zero-order valence-corrected chi connectivity index (χ0v) is 10.3. The van der Waals surface area contributed by atoms with Crippen molar-refractivity contribution in [1.82, 2.24) is 14.8 Å². The first-order chi connectivity index (χ1) is 8.19. The zero-order valence-electron chi connectivity index (χ0n) is 8.67. The third-order valence-electron chi connectivity index (χ3n) is 2.09. The molecule has 0 fully saturated rings. The molecular formula is C11H7BrN4O. The minimum atomic E-state index is -0.0827. The van der Waals surface area contributed by atoms with E-state index in [4.69, 9.17) is 5.26 Å². The standard InChI is InChI=1S/C11H7BrN4O/c12-9-3-1-2-8(4-9)10(17)6-16-7-14-11(5-13)15-16/h1-4,7H,6H2. The number of benzene rings is 1. The van der Waals surface area contributed by atoms with E-state index in [-0.39, 0.29) is 18.2 Å². The summed E-state index contributed by atoms with van der Waals surface area (Å²) in [6.45, 7) is 0.0745. The number of hydrogen-bond donors (Lipinski definition) is 0. The summed E-state index contributed by atoms with van der Waals surface area (Å²) in [7, 11) is 0. The fourth-order valence-corrected chi connectivity index (χ4v) is 1.72. The minimum Gasteiger partial charge on any atom is -0.292 e. The first kappa shape index (κ1) is 11.5. The van der Waals surface area contributed by atoms with Crippen molar-refractivity contribution in [2.45, 2.75) is 6.54 Å². The van der Waals surface area contributed by atoms with Crippen molar-refractivity contribution in [3.05, 3.63) is 46.5 Å². The molecule has 1 heterocycles. The molecule has 0 aliphatic rings. The largest absolute Gasteiger partial charge is 0.292 e. The molecule has 2 aromatic rings. The van der Waals surface area contributed by atoms with E-state index in [0.29, 0.717) is 5.56 Å². The molecule has 0 unspecified atom stereocenters. The van der Waals surface area contributed by atoms with Crippen molar-refractivity contribution in [1.29, 1.82) is 5.26 Å². The van der Waals surface area contributed by atoms with Gasteiger partial charge in [0.05, 0.1) is 0 Å². The Morgan fingerprint density at radius 3 is 3.00 bits per heavy atom. The Labute approximate surface area is 106 Å². The van der Waals surface area contributed by atoms with Crippen LogP contribution in [0.25, 0.3) is 0 Å². The van der Waals surface area contributed by atoms with Gasteiger partial charge in [-0.2, -0.15) is 5.26 Å². The van der Waals surface area contributed by atoms with Gasteiger partial charge in [-0.25, -0.2) is 9.67 Å². The van der Waals surface area contributed by atoms with E-state index in [1.165, 1.54) is 11.0 Å². The highest BCUT2D eigenvalue weighted by Crippen LogP contribution is 2.12. The molecule has 0 aliphatic carbocycles. The number of ketones is 1. The van der Waals surface area contributed by atoms with Gasteiger partial charge < -0.3 is 0 Å². The molecule has 0 atom stereocenters. The van der Waals surface area contributed by atoms with Gasteiger partial charge >= 0.3 is 0 Å². The molecule has 0 radical (unpaired) electrons. The molecular weight excluding hydrogens is 284 g/mol. The average molecular weight is 291 g/mol. The average Bonchev–Trinajstić information content (AvgIpc) is 2.77. The van der Waals surface area contributed by atoms with Gasteiger partial charge in [0.1, 0.15) is 18.9 Å². The third kappa shape index (κ3) is 2.77. The Morgan fingerprint density at radius 2 is 2.35 bits per heavy atom. The molecule has 1 aromatic carbocycles. The molecule has 0 N–H and O–H groups in total. The van der Waals surface area contributed by atoms with Crippen molar-refractivity contribution in [2.24, 2.45) is 0 Å². The predicted molar refractivity (Wildman–Crippen MR) is 63.2 cm³/mol. The fourth-order valence-electron chi connectivity index (χ4n) is 1.32. The molecule has 0 aliphatic heterocycles. The van der Waals surface area contributed by atoms with Crippen molar-refractivity contribution in [3.8, 4) is 6.07 Å². The molecule has 1 aromatic heterocycles. The number of nitriles is 1. The number of Topliss-reactive ketones (excluding diaryl/α,β-unsaturated/α-hetero) is 1. The van der Waals surface area contributed by atoms with Gasteiger partial charge in [0.2, 0.25) is 0 Å². The molecule has 0 spiro atoms. The molecule has 17 heavy (non-hydrogen) atoms. The van der Waals surface area contributed by atoms with E-state index < -0.39 is 0 Å². The van der Waals surface area contributed by atoms with Crippen molar-refractivity contribution in [2.75, 3.05) is 0 Å². The smallest absolute Gasteiger partial charge is 0.252 e. The molecule has 6 heteroatoms. The van der Waals surface area contributed by atoms with Crippen LogP contribution in [0.15, 0.2) is 35.1 Å². The van der Waals surface area contributed by atoms with Gasteiger partial charge in [0, 0.05) is 10.0 Å². The summed E-state index contributed by atoms with van der Waals surface area (Å²) in [5.74, 6) is -0.0206. The molecule has 0 saturated carbocycles. The molecule has 84 valence electrons. The predicted octanol–water partition coefficient (Wildman–Crippen LogP) is 1.80. The van der Waals surface area contributed by atoms with E-state index in [1.807, 2.05) is 12.1 Å². The van der Waals surface area contributed by atoms with Crippen LogP contribution >= 0.6 is 15.9 Å². The SMILES string of the molecule is N#Cc1ncn(CC(=O)c2cccc(Br)c2)n1. The van der Waals surface area contributed by atoms with Crippen molar-refractivity contribution >= 4 is 21.7 Å². The molecule has 0 bridgehead atoms. The maximum absolute atomic E-state index is 11.9. The quantitative estimate of drug-likeness (QED) is 0.808. The molecule has 5 nitrogen and oxygen atoms in total. The van der Waals surface area contributed by atoms with Gasteiger partial charge in [0.25, 0.3) is 5.82 Å². The van der Waals surface area contributed by atoms with Crippen LogP contribution in [0.2, 0.25) is 0 Å². The van der Waals surface area contributed by atoms with Gasteiger partial charge in [0.15, 0.2) is 5.78 Å². The van der Waals surface area contributed by atoms with Crippen LogP contribution < -0.4 is 0 Å². The van der Waals surface area contributed by atoms with Crippen LogP contribution in [0.1, 0.15) is 16.2 Å². The lowest BCUT2D eigenvalue weighted by atomic mass is 10.1. The van der Waals surface area contributed by atoms with Gasteiger partial charge in [-0.3, -0.25) is 4.79 Å². The highest BCUT2D eigenvalue weighted by molar-refractivity contribution is 9.10. The lowest BCUT2D eigenvalue weighted by Crippen LogP contribution is -2.11. The number of carbonyl (C=O) groups excluding carboxylic acids is 1. The summed E-state index contributed by atoms with van der Waals surface area (Å²) < 4.78 is 2.20. The fraction of sp³-hybridized carbons (Fsp3) is 0.0909. The Bertz CT molecular complexity index is 600. The number of hydrogen-bond acceptors (Lipinski definition) is 4. The van der Waals surface area contributed by atoms with Gasteiger partial charge in [-0.1, -0.05) is 28.1 Å². The summed E-state index contributed by atoms with van der Waals surface area (Å²) in [5.41, 5.74) is 0.591. The Hall–Kier alpha value is -2.00.